The molecule has 0 fully saturated rings. The minimum atomic E-state index is -0.0595. The van der Waals surface area contributed by atoms with Crippen LogP contribution in [0.5, 0.6) is 0 Å². The predicted octanol–water partition coefficient (Wildman–Crippen LogP) is 2.05. The van der Waals surface area contributed by atoms with Gasteiger partial charge in [-0.25, -0.2) is 0 Å². The van der Waals surface area contributed by atoms with Crippen LogP contribution in [0.2, 0.25) is 0 Å². The average Bonchev–Trinajstić information content (AvgIpc) is 2.86. The summed E-state index contributed by atoms with van der Waals surface area (Å²) in [7, 11) is 1.80. The summed E-state index contributed by atoms with van der Waals surface area (Å²) >= 11 is 0. The van der Waals surface area contributed by atoms with Gasteiger partial charge < -0.3 is 10.6 Å². The molecule has 0 aliphatic rings. The molecule has 1 aromatic heterocycles. The zero-order chi connectivity index (χ0) is 14.5. The van der Waals surface area contributed by atoms with Crippen LogP contribution in [0.4, 0.5) is 5.69 Å². The quantitative estimate of drug-likeness (QED) is 0.847. The molecule has 20 heavy (non-hydrogen) atoms. The molecule has 106 valence electrons. The fourth-order valence-corrected chi connectivity index (χ4v) is 2.10. The minimum absolute atomic E-state index is 0.0595. The van der Waals surface area contributed by atoms with E-state index in [1.807, 2.05) is 31.2 Å². The minimum Gasteiger partial charge on any atom is -0.398 e. The fourth-order valence-electron chi connectivity index (χ4n) is 2.10. The lowest BCUT2D eigenvalue weighted by Crippen LogP contribution is -2.32. The maximum atomic E-state index is 12.5. The largest absolute Gasteiger partial charge is 0.398 e. The van der Waals surface area contributed by atoms with Gasteiger partial charge in [0, 0.05) is 32.0 Å². The number of nitrogens with zero attached hydrogens (tertiary/aromatic N) is 3. The maximum absolute atomic E-state index is 12.5. The Kier molecular flexibility index (Phi) is 4.40. The van der Waals surface area contributed by atoms with Crippen LogP contribution in [0.25, 0.3) is 0 Å². The van der Waals surface area contributed by atoms with E-state index in [1.165, 1.54) is 0 Å². The molecule has 1 aromatic carbocycles. The summed E-state index contributed by atoms with van der Waals surface area (Å²) < 4.78 is 1.63. The molecule has 0 bridgehead atoms. The number of nitrogen functional groups attached to an aromatic ring is 1. The van der Waals surface area contributed by atoms with Gasteiger partial charge in [0.25, 0.3) is 5.91 Å². The van der Waals surface area contributed by atoms with E-state index >= 15 is 0 Å². The summed E-state index contributed by atoms with van der Waals surface area (Å²) in [5.41, 5.74) is 8.09. The Balaban J connectivity index is 2.19. The van der Waals surface area contributed by atoms with Gasteiger partial charge in [0.05, 0.1) is 0 Å². The number of para-hydroxylation sites is 1. The summed E-state index contributed by atoms with van der Waals surface area (Å²) in [5, 5.41) is 4.17. The second-order valence-electron chi connectivity index (χ2n) is 4.80. The highest BCUT2D eigenvalue weighted by Crippen LogP contribution is 2.15. The normalized spacial score (nSPS) is 10.5. The molecule has 0 saturated carbocycles. The molecule has 0 unspecified atom stereocenters. The van der Waals surface area contributed by atoms with E-state index in [4.69, 9.17) is 5.73 Å². The molecule has 2 N–H and O–H groups in total. The summed E-state index contributed by atoms with van der Waals surface area (Å²) in [5.74, 6) is -0.0595. The van der Waals surface area contributed by atoms with E-state index in [2.05, 4.69) is 5.10 Å². The summed E-state index contributed by atoms with van der Waals surface area (Å²) in [4.78, 5) is 14.3. The van der Waals surface area contributed by atoms with Crippen LogP contribution in [0.3, 0.4) is 0 Å². The van der Waals surface area contributed by atoms with Gasteiger partial charge in [-0.2, -0.15) is 5.10 Å². The number of hydrogen-bond donors (Lipinski definition) is 1. The highest BCUT2D eigenvalue weighted by Gasteiger charge is 2.18. The van der Waals surface area contributed by atoms with Crippen LogP contribution in [-0.2, 0) is 13.6 Å². The topological polar surface area (TPSA) is 64.2 Å². The molecule has 0 aliphatic heterocycles. The molecule has 0 saturated heterocycles. The van der Waals surface area contributed by atoms with E-state index < -0.39 is 0 Å². The Morgan fingerprint density at radius 1 is 1.35 bits per heavy atom. The van der Waals surface area contributed by atoms with Gasteiger partial charge in [-0.3, -0.25) is 9.48 Å². The fraction of sp³-hybridized carbons (Fsp3) is 0.333. The molecule has 2 aromatic rings. The number of benzene rings is 1. The van der Waals surface area contributed by atoms with Crippen molar-refractivity contribution in [3.8, 4) is 0 Å². The van der Waals surface area contributed by atoms with Gasteiger partial charge in [-0.1, -0.05) is 25.1 Å². The van der Waals surface area contributed by atoms with Crippen LogP contribution in [0.15, 0.2) is 36.5 Å². The number of aryl methyl sites for hydroxylation is 1. The first-order chi connectivity index (χ1) is 9.61. The molecule has 0 radical (unpaired) electrons. The number of carbonyl (C=O) groups is 1. The van der Waals surface area contributed by atoms with Crippen LogP contribution < -0.4 is 5.73 Å². The molecule has 5 nitrogen and oxygen atoms in total. The molecule has 5 heteroatoms. The molecule has 0 atom stereocenters. The zero-order valence-corrected chi connectivity index (χ0v) is 11.9. The SMILES string of the molecule is CCCN(Cc1ccccc1N)C(=O)c1ccn(C)n1. The third-order valence-corrected chi connectivity index (χ3v) is 3.13. The van der Waals surface area contributed by atoms with E-state index in [9.17, 15) is 4.79 Å². The van der Waals surface area contributed by atoms with Crippen molar-refractivity contribution in [3.63, 3.8) is 0 Å². The molecular formula is C15H20N4O. The number of carbonyl (C=O) groups excluding carboxylic acids is 1. The number of hydrogen-bond acceptors (Lipinski definition) is 3. The van der Waals surface area contributed by atoms with Crippen molar-refractivity contribution in [2.45, 2.75) is 19.9 Å². The molecule has 0 aliphatic carbocycles. The number of nitrogens with two attached hydrogens (primary N) is 1. The zero-order valence-electron chi connectivity index (χ0n) is 11.9. The van der Waals surface area contributed by atoms with Crippen molar-refractivity contribution in [1.82, 2.24) is 14.7 Å². The second-order valence-corrected chi connectivity index (χ2v) is 4.80. The Morgan fingerprint density at radius 2 is 2.10 bits per heavy atom. The van der Waals surface area contributed by atoms with Gasteiger partial charge >= 0.3 is 0 Å². The average molecular weight is 272 g/mol. The lowest BCUT2D eigenvalue weighted by atomic mass is 10.1. The van der Waals surface area contributed by atoms with Gasteiger partial charge in [-0.15, -0.1) is 0 Å². The van der Waals surface area contributed by atoms with E-state index in [0.717, 1.165) is 12.0 Å². The van der Waals surface area contributed by atoms with Gasteiger partial charge in [0.15, 0.2) is 0 Å². The van der Waals surface area contributed by atoms with Crippen molar-refractivity contribution in [2.24, 2.45) is 7.05 Å². The van der Waals surface area contributed by atoms with Crippen LogP contribution in [0, 0.1) is 0 Å². The highest BCUT2D eigenvalue weighted by atomic mass is 16.2. The van der Waals surface area contributed by atoms with Crippen molar-refractivity contribution < 1.29 is 4.79 Å². The van der Waals surface area contributed by atoms with Crippen molar-refractivity contribution in [3.05, 3.63) is 47.8 Å². The standard InChI is InChI=1S/C15H20N4O/c1-3-9-19(11-12-6-4-5-7-13(12)16)15(20)14-8-10-18(2)17-14/h4-8,10H,3,9,11,16H2,1-2H3. The van der Waals surface area contributed by atoms with Crippen LogP contribution >= 0.6 is 0 Å². The number of anilines is 1. The Labute approximate surface area is 119 Å². The monoisotopic (exact) mass is 272 g/mol. The first kappa shape index (κ1) is 14.1. The van der Waals surface area contributed by atoms with Crippen molar-refractivity contribution >= 4 is 11.6 Å². The first-order valence-corrected chi connectivity index (χ1v) is 6.74. The van der Waals surface area contributed by atoms with Crippen molar-refractivity contribution in [1.29, 1.82) is 0 Å². The maximum Gasteiger partial charge on any atom is 0.274 e. The lowest BCUT2D eigenvalue weighted by molar-refractivity contribution is 0.0737. The third kappa shape index (κ3) is 3.17. The number of rotatable bonds is 5. The molecule has 0 spiro atoms. The Morgan fingerprint density at radius 3 is 2.70 bits per heavy atom. The number of aromatic nitrogens is 2. The summed E-state index contributed by atoms with van der Waals surface area (Å²) in [6.45, 7) is 3.24. The highest BCUT2D eigenvalue weighted by molar-refractivity contribution is 5.92. The molecule has 1 heterocycles. The van der Waals surface area contributed by atoms with Crippen molar-refractivity contribution in [2.75, 3.05) is 12.3 Å². The molecule has 1 amide bonds. The first-order valence-electron chi connectivity index (χ1n) is 6.74. The summed E-state index contributed by atoms with van der Waals surface area (Å²) in [6.07, 6.45) is 2.67. The van der Waals surface area contributed by atoms with E-state index in [-0.39, 0.29) is 5.91 Å². The predicted molar refractivity (Wildman–Crippen MR) is 79.1 cm³/mol. The third-order valence-electron chi connectivity index (χ3n) is 3.13. The number of amides is 1. The molecular weight excluding hydrogens is 252 g/mol. The smallest absolute Gasteiger partial charge is 0.274 e. The second kappa shape index (κ2) is 6.23. The molecule has 2 rings (SSSR count). The van der Waals surface area contributed by atoms with E-state index in [1.54, 1.807) is 28.9 Å². The Hall–Kier alpha value is -2.30. The van der Waals surface area contributed by atoms with Gasteiger partial charge in [0.1, 0.15) is 5.69 Å². The Bertz CT molecular complexity index is 591. The van der Waals surface area contributed by atoms with Gasteiger partial charge in [-0.05, 0) is 24.1 Å². The van der Waals surface area contributed by atoms with Crippen LogP contribution in [0.1, 0.15) is 29.4 Å². The van der Waals surface area contributed by atoms with Gasteiger partial charge in [0.2, 0.25) is 0 Å². The van der Waals surface area contributed by atoms with Crippen LogP contribution in [-0.4, -0.2) is 27.1 Å². The summed E-state index contributed by atoms with van der Waals surface area (Å²) in [6, 6.07) is 9.36. The van der Waals surface area contributed by atoms with E-state index in [0.29, 0.717) is 24.5 Å². The lowest BCUT2D eigenvalue weighted by Gasteiger charge is -2.22.